The van der Waals surface area contributed by atoms with Gasteiger partial charge in [-0.05, 0) is 50.3 Å². The molecule has 5 rings (SSSR count). The number of benzene rings is 2. The maximum absolute atomic E-state index is 14.7. The number of nitrogens with zero attached hydrogens (tertiary/aromatic N) is 2. The Bertz CT molecular complexity index is 1420. The van der Waals surface area contributed by atoms with Gasteiger partial charge < -0.3 is 10.2 Å². The van der Waals surface area contributed by atoms with Gasteiger partial charge in [0.2, 0.25) is 11.8 Å². The number of likely N-dealkylation sites (tertiary alicyclic amines) is 1. The molecule has 7 nitrogen and oxygen atoms in total. The normalized spacial score (nSPS) is 23.6. The van der Waals surface area contributed by atoms with Gasteiger partial charge in [0, 0.05) is 18.2 Å². The highest BCUT2D eigenvalue weighted by molar-refractivity contribution is 7.92. The van der Waals surface area contributed by atoms with E-state index in [4.69, 9.17) is 11.6 Å². The molecule has 2 aromatic carbocycles. The van der Waals surface area contributed by atoms with Gasteiger partial charge in [0.15, 0.2) is 9.84 Å². The molecule has 1 saturated heterocycles. The van der Waals surface area contributed by atoms with Crippen molar-refractivity contribution in [1.82, 2.24) is 10.2 Å². The molecule has 3 aliphatic rings. The van der Waals surface area contributed by atoms with Crippen LogP contribution in [0.15, 0.2) is 47.4 Å². The number of halogens is 3. The lowest BCUT2D eigenvalue weighted by molar-refractivity contribution is -0.140. The summed E-state index contributed by atoms with van der Waals surface area (Å²) in [6.45, 7) is -0.297. The van der Waals surface area contributed by atoms with E-state index >= 15 is 0 Å². The fraction of sp³-hybridized carbons (Fsp3) is 0.400. The van der Waals surface area contributed by atoms with E-state index in [0.29, 0.717) is 18.9 Å². The minimum absolute atomic E-state index is 0.0150. The third kappa shape index (κ3) is 4.04. The quantitative estimate of drug-likeness (QED) is 0.613. The molecule has 0 bridgehead atoms. The summed E-state index contributed by atoms with van der Waals surface area (Å²) in [4.78, 5) is 28.1. The van der Waals surface area contributed by atoms with Crippen molar-refractivity contribution in [3.63, 3.8) is 0 Å². The molecule has 1 heterocycles. The summed E-state index contributed by atoms with van der Waals surface area (Å²) in [5.41, 5.74) is -2.31. The number of carbonyl (C=O) groups is 2. The number of amides is 2. The lowest BCUT2D eigenvalue weighted by Gasteiger charge is -2.29. The molecule has 36 heavy (non-hydrogen) atoms. The molecule has 188 valence electrons. The van der Waals surface area contributed by atoms with Gasteiger partial charge in [-0.25, -0.2) is 17.2 Å². The van der Waals surface area contributed by atoms with Crippen molar-refractivity contribution in [3.05, 3.63) is 64.7 Å². The van der Waals surface area contributed by atoms with Crippen LogP contribution in [0.3, 0.4) is 0 Å². The lowest BCUT2D eigenvalue weighted by atomic mass is 9.93. The lowest BCUT2D eigenvalue weighted by Crippen LogP contribution is -2.51. The van der Waals surface area contributed by atoms with Crippen LogP contribution in [0, 0.1) is 23.0 Å². The van der Waals surface area contributed by atoms with Gasteiger partial charge in [-0.1, -0.05) is 29.8 Å². The van der Waals surface area contributed by atoms with Gasteiger partial charge in [0.05, 0.1) is 26.7 Å². The molecule has 1 N–H and O–H groups in total. The number of nitrogens with one attached hydrogen (secondary N) is 1. The van der Waals surface area contributed by atoms with E-state index in [1.165, 1.54) is 29.2 Å². The van der Waals surface area contributed by atoms with Gasteiger partial charge >= 0.3 is 0 Å². The Morgan fingerprint density at radius 3 is 2.39 bits per heavy atom. The molecule has 1 aliphatic heterocycles. The van der Waals surface area contributed by atoms with Crippen LogP contribution >= 0.6 is 11.6 Å². The van der Waals surface area contributed by atoms with E-state index in [-0.39, 0.29) is 41.3 Å². The van der Waals surface area contributed by atoms with Crippen molar-refractivity contribution >= 4 is 33.3 Å². The zero-order chi connectivity index (χ0) is 25.9. The van der Waals surface area contributed by atoms with Crippen LogP contribution in [0.5, 0.6) is 0 Å². The molecule has 0 aromatic heterocycles. The number of sulfone groups is 1. The first-order valence-electron chi connectivity index (χ1n) is 11.5. The van der Waals surface area contributed by atoms with Crippen molar-refractivity contribution in [1.29, 1.82) is 5.26 Å². The molecule has 2 aliphatic carbocycles. The summed E-state index contributed by atoms with van der Waals surface area (Å²) >= 11 is 6.14. The molecule has 2 amide bonds. The fourth-order valence-electron chi connectivity index (χ4n) is 4.94. The number of hydrogen-bond acceptors (Lipinski definition) is 5. The summed E-state index contributed by atoms with van der Waals surface area (Å²) in [6, 6.07) is 9.78. The van der Waals surface area contributed by atoms with Gasteiger partial charge in [-0.15, -0.1) is 0 Å². The second-order valence-electron chi connectivity index (χ2n) is 9.70. The third-order valence-corrected chi connectivity index (χ3v) is 9.97. The van der Waals surface area contributed by atoms with Crippen LogP contribution in [0.1, 0.15) is 37.7 Å². The van der Waals surface area contributed by atoms with Crippen molar-refractivity contribution in [2.75, 3.05) is 6.54 Å². The smallest absolute Gasteiger partial charge is 0.244 e. The van der Waals surface area contributed by atoms with E-state index in [0.717, 1.165) is 6.07 Å². The van der Waals surface area contributed by atoms with Gasteiger partial charge in [0.25, 0.3) is 0 Å². The molecule has 2 aromatic rings. The molecule has 11 heteroatoms. The first-order valence-corrected chi connectivity index (χ1v) is 13.4. The predicted molar refractivity (Wildman–Crippen MR) is 126 cm³/mol. The SMILES string of the molecule is N#CC1(NC(=O)[C@@H]2C[C@@H](S(=O)(=O)c3ccccc3Cl)CN2C(=O)C2(c3ccc(F)cc3F)CC2)CC1. The Balaban J connectivity index is 1.50. The van der Waals surface area contributed by atoms with Crippen LogP contribution in [-0.4, -0.2) is 48.5 Å². The highest BCUT2D eigenvalue weighted by atomic mass is 35.5. The Kier molecular flexibility index (Phi) is 5.84. The summed E-state index contributed by atoms with van der Waals surface area (Å²) < 4.78 is 55.1. The monoisotopic (exact) mass is 533 g/mol. The Hall–Kier alpha value is -3.03. The third-order valence-electron chi connectivity index (χ3n) is 7.34. The van der Waals surface area contributed by atoms with Crippen molar-refractivity contribution in [3.8, 4) is 6.07 Å². The summed E-state index contributed by atoms with van der Waals surface area (Å²) in [5.74, 6) is -2.88. The van der Waals surface area contributed by atoms with Gasteiger partial charge in [0.1, 0.15) is 23.2 Å². The number of nitriles is 1. The van der Waals surface area contributed by atoms with Crippen LogP contribution < -0.4 is 5.32 Å². The molecule has 0 spiro atoms. The second kappa shape index (κ2) is 8.53. The number of hydrogen-bond donors (Lipinski definition) is 1. The number of rotatable bonds is 6. The van der Waals surface area contributed by atoms with E-state index in [1.54, 1.807) is 6.07 Å². The zero-order valence-corrected chi connectivity index (χ0v) is 20.6. The maximum Gasteiger partial charge on any atom is 0.244 e. The molecule has 0 radical (unpaired) electrons. The molecule has 2 atom stereocenters. The second-order valence-corrected chi connectivity index (χ2v) is 12.3. The zero-order valence-electron chi connectivity index (χ0n) is 19.0. The Morgan fingerprint density at radius 1 is 1.11 bits per heavy atom. The van der Waals surface area contributed by atoms with Gasteiger partial charge in [-0.2, -0.15) is 5.26 Å². The van der Waals surface area contributed by atoms with E-state index in [9.17, 15) is 32.0 Å². The molecular weight excluding hydrogens is 512 g/mol. The first-order chi connectivity index (χ1) is 17.0. The minimum Gasteiger partial charge on any atom is -0.336 e. The van der Waals surface area contributed by atoms with Crippen LogP contribution in [0.4, 0.5) is 8.78 Å². The largest absolute Gasteiger partial charge is 0.336 e. The summed E-state index contributed by atoms with van der Waals surface area (Å²) in [5, 5.41) is 10.9. The Morgan fingerprint density at radius 2 is 1.81 bits per heavy atom. The van der Waals surface area contributed by atoms with Crippen molar-refractivity contribution in [2.24, 2.45) is 0 Å². The van der Waals surface area contributed by atoms with Crippen LogP contribution in [-0.2, 0) is 24.8 Å². The fourth-order valence-corrected chi connectivity index (χ4v) is 7.15. The first kappa shape index (κ1) is 24.7. The van der Waals surface area contributed by atoms with Gasteiger partial charge in [-0.3, -0.25) is 9.59 Å². The predicted octanol–water partition coefficient (Wildman–Crippen LogP) is 3.27. The molecule has 0 unspecified atom stereocenters. The number of carbonyl (C=O) groups excluding carboxylic acids is 2. The highest BCUT2D eigenvalue weighted by Gasteiger charge is 2.59. The highest BCUT2D eigenvalue weighted by Crippen LogP contribution is 2.51. The van der Waals surface area contributed by atoms with Crippen LogP contribution in [0.25, 0.3) is 0 Å². The molecule has 3 fully saturated rings. The van der Waals surface area contributed by atoms with Crippen LogP contribution in [0.2, 0.25) is 5.02 Å². The van der Waals surface area contributed by atoms with E-state index in [1.807, 2.05) is 0 Å². The molecular formula is C25H22ClF2N3O4S. The summed E-state index contributed by atoms with van der Waals surface area (Å²) in [7, 11) is -4.03. The van der Waals surface area contributed by atoms with E-state index in [2.05, 4.69) is 11.4 Å². The Labute approximate surface area is 212 Å². The minimum atomic E-state index is -4.03. The van der Waals surface area contributed by atoms with E-state index < -0.39 is 55.5 Å². The maximum atomic E-state index is 14.7. The summed E-state index contributed by atoms with van der Waals surface area (Å²) in [6.07, 6.45) is 1.28. The topological polar surface area (TPSA) is 107 Å². The van der Waals surface area contributed by atoms with Crippen molar-refractivity contribution in [2.45, 2.75) is 59.2 Å². The average molecular weight is 534 g/mol. The average Bonchev–Trinajstić information content (AvgIpc) is 3.75. The molecule has 2 saturated carbocycles. The standard InChI is InChI=1S/C25H22ClF2N3O4S/c26-18-3-1-2-4-21(18)36(34,35)16-12-20(22(32)30-24(14-29)7-8-24)31(13-16)23(33)25(9-10-25)17-6-5-15(27)11-19(17)28/h1-6,11,16,20H,7-10,12-13H2,(H,30,32)/t16-,20+/m1/s1. The van der Waals surface area contributed by atoms with Crippen molar-refractivity contribution < 1.29 is 26.8 Å².